The van der Waals surface area contributed by atoms with Gasteiger partial charge in [0, 0.05) is 17.7 Å². The molecular formula is C13H14FNO2. The number of carbonyl (C=O) groups excluding carboxylic acids is 1. The van der Waals surface area contributed by atoms with Crippen molar-refractivity contribution in [2.75, 3.05) is 5.32 Å². The van der Waals surface area contributed by atoms with Gasteiger partial charge in [-0.1, -0.05) is 6.42 Å². The molecule has 2 aliphatic rings. The van der Waals surface area contributed by atoms with Gasteiger partial charge in [0.1, 0.15) is 0 Å². The fraction of sp³-hybridized carbons (Fsp3) is 0.462. The number of hydrogen-bond acceptors (Lipinski definition) is 2. The van der Waals surface area contributed by atoms with Gasteiger partial charge in [0.2, 0.25) is 5.91 Å². The molecule has 2 unspecified atom stereocenters. The Labute approximate surface area is 98.6 Å². The smallest absolute Gasteiger partial charge is 0.228 e. The monoisotopic (exact) mass is 235 g/mol. The normalized spacial score (nSPS) is 29.8. The summed E-state index contributed by atoms with van der Waals surface area (Å²) in [5.41, 5.74) is 0.412. The van der Waals surface area contributed by atoms with Gasteiger partial charge in [-0.3, -0.25) is 4.79 Å². The first kappa shape index (κ1) is 10.6. The van der Waals surface area contributed by atoms with Crippen LogP contribution in [0.4, 0.5) is 10.1 Å². The number of carbonyl (C=O) groups is 1. The zero-order valence-corrected chi connectivity index (χ0v) is 9.32. The summed E-state index contributed by atoms with van der Waals surface area (Å²) in [6, 6.07) is 3.90. The van der Waals surface area contributed by atoms with E-state index in [-0.39, 0.29) is 11.8 Å². The Balaban J connectivity index is 1.67. The summed E-state index contributed by atoms with van der Waals surface area (Å²) >= 11 is 0. The van der Waals surface area contributed by atoms with Crippen molar-refractivity contribution in [3.63, 3.8) is 0 Å². The van der Waals surface area contributed by atoms with Crippen molar-refractivity contribution in [2.24, 2.45) is 17.8 Å². The maximum Gasteiger partial charge on any atom is 0.228 e. The predicted molar refractivity (Wildman–Crippen MR) is 61.0 cm³/mol. The number of aromatic hydroxyl groups is 1. The highest BCUT2D eigenvalue weighted by molar-refractivity contribution is 5.95. The molecule has 2 atom stereocenters. The molecule has 2 saturated carbocycles. The average Bonchev–Trinajstić information content (AvgIpc) is 2.78. The van der Waals surface area contributed by atoms with Crippen LogP contribution in [-0.2, 0) is 4.79 Å². The number of amides is 1. The average molecular weight is 235 g/mol. The Bertz CT molecular complexity index is 464. The molecule has 0 heterocycles. The lowest BCUT2D eigenvalue weighted by atomic mass is 10.1. The molecule has 1 amide bonds. The number of hydrogen-bond donors (Lipinski definition) is 2. The lowest BCUT2D eigenvalue weighted by molar-refractivity contribution is -0.118. The van der Waals surface area contributed by atoms with E-state index in [4.69, 9.17) is 5.11 Å². The molecule has 1 aromatic rings. The highest BCUT2D eigenvalue weighted by Crippen LogP contribution is 2.57. The third kappa shape index (κ3) is 1.77. The minimum atomic E-state index is -0.709. The van der Waals surface area contributed by atoms with Gasteiger partial charge >= 0.3 is 0 Å². The molecule has 3 nitrogen and oxygen atoms in total. The summed E-state index contributed by atoms with van der Waals surface area (Å²) in [4.78, 5) is 11.9. The van der Waals surface area contributed by atoms with Crippen LogP contribution in [0.15, 0.2) is 18.2 Å². The van der Waals surface area contributed by atoms with Crippen LogP contribution >= 0.6 is 0 Å². The molecule has 2 fully saturated rings. The van der Waals surface area contributed by atoms with E-state index < -0.39 is 11.6 Å². The number of phenols is 1. The molecule has 2 aliphatic carbocycles. The molecule has 3 rings (SSSR count). The summed E-state index contributed by atoms with van der Waals surface area (Å²) in [5.74, 6) is 0.115. The van der Waals surface area contributed by atoms with Crippen molar-refractivity contribution in [3.05, 3.63) is 24.0 Å². The molecular weight excluding hydrogens is 221 g/mol. The number of nitrogens with one attached hydrogen (secondary N) is 1. The van der Waals surface area contributed by atoms with Gasteiger partial charge in [-0.2, -0.15) is 0 Å². The maximum absolute atomic E-state index is 13.1. The maximum atomic E-state index is 13.1. The van der Waals surface area contributed by atoms with Gasteiger partial charge in [0.15, 0.2) is 11.6 Å². The molecule has 1 aromatic carbocycles. The van der Waals surface area contributed by atoms with Crippen LogP contribution in [-0.4, -0.2) is 11.0 Å². The fourth-order valence-corrected chi connectivity index (χ4v) is 3.02. The van der Waals surface area contributed by atoms with Gasteiger partial charge in [0.25, 0.3) is 0 Å². The van der Waals surface area contributed by atoms with Crippen LogP contribution in [0.3, 0.4) is 0 Å². The van der Waals surface area contributed by atoms with E-state index in [9.17, 15) is 9.18 Å². The quantitative estimate of drug-likeness (QED) is 0.774. The Morgan fingerprint density at radius 1 is 1.35 bits per heavy atom. The Morgan fingerprint density at radius 3 is 2.71 bits per heavy atom. The first-order valence-corrected chi connectivity index (χ1v) is 5.96. The molecule has 0 radical (unpaired) electrons. The topological polar surface area (TPSA) is 49.3 Å². The van der Waals surface area contributed by atoms with Crippen LogP contribution in [0.2, 0.25) is 0 Å². The van der Waals surface area contributed by atoms with E-state index >= 15 is 0 Å². The largest absolute Gasteiger partial charge is 0.505 e. The third-order valence-corrected chi connectivity index (χ3v) is 3.92. The highest BCUT2D eigenvalue weighted by atomic mass is 19.1. The second-order valence-corrected chi connectivity index (χ2v) is 4.94. The molecule has 0 saturated heterocycles. The first-order chi connectivity index (χ1) is 8.16. The van der Waals surface area contributed by atoms with Crippen LogP contribution in [0.1, 0.15) is 19.3 Å². The van der Waals surface area contributed by atoms with E-state index in [0.717, 1.165) is 18.9 Å². The zero-order chi connectivity index (χ0) is 12.0. The van der Waals surface area contributed by atoms with Crippen molar-refractivity contribution in [1.29, 1.82) is 0 Å². The summed E-state index contributed by atoms with van der Waals surface area (Å²) in [5, 5.41) is 11.8. The van der Waals surface area contributed by atoms with Crippen LogP contribution in [0.25, 0.3) is 0 Å². The van der Waals surface area contributed by atoms with E-state index in [1.165, 1.54) is 18.6 Å². The number of phenolic OH excluding ortho intramolecular Hbond substituents is 1. The standard InChI is InChI=1S/C13H14FNO2/c14-10-6-7(4-5-11(10)16)15-13(17)12-8-2-1-3-9(8)12/h4-6,8-9,12,16H,1-3H2,(H,15,17). The summed E-state index contributed by atoms with van der Waals surface area (Å²) in [7, 11) is 0. The Kier molecular flexibility index (Phi) is 2.31. The van der Waals surface area contributed by atoms with Crippen molar-refractivity contribution >= 4 is 11.6 Å². The minimum absolute atomic E-state index is 0.00945. The molecule has 0 aliphatic heterocycles. The fourth-order valence-electron chi connectivity index (χ4n) is 3.02. The lowest BCUT2D eigenvalue weighted by Gasteiger charge is -2.07. The number of rotatable bonds is 2. The van der Waals surface area contributed by atoms with Gasteiger partial charge < -0.3 is 10.4 Å². The molecule has 0 aromatic heterocycles. The second-order valence-electron chi connectivity index (χ2n) is 4.94. The number of anilines is 1. The zero-order valence-electron chi connectivity index (χ0n) is 9.32. The SMILES string of the molecule is O=C(Nc1ccc(O)c(F)c1)C1C2CCCC21. The summed E-state index contributed by atoms with van der Waals surface area (Å²) in [6.45, 7) is 0. The van der Waals surface area contributed by atoms with Crippen molar-refractivity contribution in [3.8, 4) is 5.75 Å². The molecule has 4 heteroatoms. The molecule has 2 N–H and O–H groups in total. The van der Waals surface area contributed by atoms with E-state index in [0.29, 0.717) is 17.5 Å². The van der Waals surface area contributed by atoms with Gasteiger partial charge in [-0.05, 0) is 36.8 Å². The minimum Gasteiger partial charge on any atom is -0.505 e. The van der Waals surface area contributed by atoms with Gasteiger partial charge in [-0.15, -0.1) is 0 Å². The van der Waals surface area contributed by atoms with E-state index in [1.807, 2.05) is 0 Å². The second kappa shape index (κ2) is 3.72. The summed E-state index contributed by atoms with van der Waals surface area (Å²) < 4.78 is 13.1. The first-order valence-electron chi connectivity index (χ1n) is 5.96. The number of halogens is 1. The molecule has 0 bridgehead atoms. The highest BCUT2D eigenvalue weighted by Gasteiger charge is 2.56. The number of benzene rings is 1. The van der Waals surface area contributed by atoms with Crippen LogP contribution in [0, 0.1) is 23.6 Å². The molecule has 17 heavy (non-hydrogen) atoms. The summed E-state index contributed by atoms with van der Waals surface area (Å²) in [6.07, 6.45) is 3.52. The van der Waals surface area contributed by atoms with Gasteiger partial charge in [0.05, 0.1) is 0 Å². The Hall–Kier alpha value is -1.58. The number of fused-ring (bicyclic) bond motifs is 1. The lowest BCUT2D eigenvalue weighted by Crippen LogP contribution is -2.16. The Morgan fingerprint density at radius 2 is 2.06 bits per heavy atom. The van der Waals surface area contributed by atoms with E-state index in [2.05, 4.69) is 5.32 Å². The van der Waals surface area contributed by atoms with Crippen molar-refractivity contribution in [2.45, 2.75) is 19.3 Å². The van der Waals surface area contributed by atoms with E-state index in [1.54, 1.807) is 0 Å². The third-order valence-electron chi connectivity index (χ3n) is 3.92. The van der Waals surface area contributed by atoms with Crippen molar-refractivity contribution in [1.82, 2.24) is 0 Å². The van der Waals surface area contributed by atoms with Crippen LogP contribution in [0.5, 0.6) is 5.75 Å². The molecule has 90 valence electrons. The predicted octanol–water partition coefficient (Wildman–Crippen LogP) is 2.52. The molecule has 0 spiro atoms. The van der Waals surface area contributed by atoms with Crippen LogP contribution < -0.4 is 5.32 Å². The van der Waals surface area contributed by atoms with Crippen molar-refractivity contribution < 1.29 is 14.3 Å². The van der Waals surface area contributed by atoms with Gasteiger partial charge in [-0.25, -0.2) is 4.39 Å².